The van der Waals surface area contributed by atoms with E-state index in [-0.39, 0.29) is 24.1 Å². The molecule has 1 N–H and O–H groups in total. The van der Waals surface area contributed by atoms with Crippen LogP contribution >= 0.6 is 0 Å². The molecule has 9 heteroatoms. The molecule has 0 atom stereocenters. The van der Waals surface area contributed by atoms with Crippen LogP contribution in [0.2, 0.25) is 0 Å². The summed E-state index contributed by atoms with van der Waals surface area (Å²) < 4.78 is 40.4. The number of amides is 2. The number of rotatable bonds is 7. The summed E-state index contributed by atoms with van der Waals surface area (Å²) in [4.78, 5) is 28.7. The van der Waals surface area contributed by atoms with Gasteiger partial charge in [0, 0.05) is 38.3 Å². The van der Waals surface area contributed by atoms with Crippen molar-refractivity contribution in [2.45, 2.75) is 19.2 Å². The molecule has 1 saturated heterocycles. The van der Waals surface area contributed by atoms with Gasteiger partial charge in [0.15, 0.2) is 0 Å². The Balaban J connectivity index is 1.38. The molecule has 0 bridgehead atoms. The van der Waals surface area contributed by atoms with Crippen molar-refractivity contribution < 1.29 is 27.5 Å². The molecule has 1 fully saturated rings. The first kappa shape index (κ1) is 23.6. The van der Waals surface area contributed by atoms with Crippen molar-refractivity contribution in [3.63, 3.8) is 0 Å². The molecule has 3 rings (SSSR count). The van der Waals surface area contributed by atoms with Crippen molar-refractivity contribution in [2.24, 2.45) is 0 Å². The molecule has 1 aliphatic heterocycles. The third-order valence-corrected chi connectivity index (χ3v) is 5.16. The highest BCUT2D eigenvalue weighted by Crippen LogP contribution is 2.22. The minimum Gasteiger partial charge on any atom is -0.406 e. The topological polar surface area (TPSA) is 61.9 Å². The van der Waals surface area contributed by atoms with E-state index in [2.05, 4.69) is 10.1 Å². The lowest BCUT2D eigenvalue weighted by atomic mass is 10.1. The van der Waals surface area contributed by atoms with Gasteiger partial charge in [-0.1, -0.05) is 30.3 Å². The zero-order chi connectivity index (χ0) is 23.0. The van der Waals surface area contributed by atoms with Gasteiger partial charge in [-0.2, -0.15) is 0 Å². The maximum atomic E-state index is 12.6. The fourth-order valence-corrected chi connectivity index (χ4v) is 3.56. The monoisotopic (exact) mass is 449 g/mol. The molecule has 6 nitrogen and oxygen atoms in total. The fourth-order valence-electron chi connectivity index (χ4n) is 3.56. The fraction of sp³-hybridized carbons (Fsp3) is 0.391. The Labute approximate surface area is 184 Å². The zero-order valence-corrected chi connectivity index (χ0v) is 17.6. The first-order valence-electron chi connectivity index (χ1n) is 10.5. The van der Waals surface area contributed by atoms with Gasteiger partial charge in [-0.25, -0.2) is 0 Å². The van der Waals surface area contributed by atoms with Crippen LogP contribution in [0.4, 0.5) is 13.2 Å². The number of hydrogen-bond acceptors (Lipinski definition) is 4. The van der Waals surface area contributed by atoms with E-state index >= 15 is 0 Å². The molecule has 32 heavy (non-hydrogen) atoms. The normalized spacial score (nSPS) is 15.2. The van der Waals surface area contributed by atoms with Gasteiger partial charge in [0.1, 0.15) is 5.75 Å². The number of carbonyl (C=O) groups is 2. The quantitative estimate of drug-likeness (QED) is 0.706. The zero-order valence-electron chi connectivity index (χ0n) is 17.6. The Morgan fingerprint density at radius 2 is 1.66 bits per heavy atom. The molecular weight excluding hydrogens is 423 g/mol. The third kappa shape index (κ3) is 7.56. The molecule has 0 unspecified atom stereocenters. The van der Waals surface area contributed by atoms with Crippen molar-refractivity contribution in [1.82, 2.24) is 15.1 Å². The van der Waals surface area contributed by atoms with E-state index in [9.17, 15) is 22.8 Å². The van der Waals surface area contributed by atoms with Gasteiger partial charge in [-0.05, 0) is 42.7 Å². The molecule has 0 saturated carbocycles. The minimum atomic E-state index is -4.71. The highest BCUT2D eigenvalue weighted by molar-refractivity contribution is 5.94. The van der Waals surface area contributed by atoms with E-state index < -0.39 is 6.36 Å². The van der Waals surface area contributed by atoms with Crippen LogP contribution in [-0.2, 0) is 11.2 Å². The average molecular weight is 449 g/mol. The summed E-state index contributed by atoms with van der Waals surface area (Å²) in [5.41, 5.74) is 1.46. The number of alkyl halides is 3. The smallest absolute Gasteiger partial charge is 0.406 e. The maximum Gasteiger partial charge on any atom is 0.573 e. The van der Waals surface area contributed by atoms with E-state index in [1.54, 1.807) is 24.3 Å². The molecule has 0 radical (unpaired) electrons. The summed E-state index contributed by atoms with van der Waals surface area (Å²) in [6.07, 6.45) is -3.43. The Morgan fingerprint density at radius 1 is 0.938 bits per heavy atom. The van der Waals surface area contributed by atoms with Gasteiger partial charge in [0.2, 0.25) is 5.91 Å². The standard InChI is InChI=1S/C23H26F3N3O3/c24-23(25,26)32-20-9-7-18(8-10-20)11-12-27-21(30)17-28-13-4-14-29(16-15-28)22(31)19-5-2-1-3-6-19/h1-3,5-10H,4,11-17H2,(H,27,30). The van der Waals surface area contributed by atoms with Gasteiger partial charge in [-0.15, -0.1) is 13.2 Å². The summed E-state index contributed by atoms with van der Waals surface area (Å²) in [5, 5.41) is 2.84. The second-order valence-electron chi connectivity index (χ2n) is 7.58. The van der Waals surface area contributed by atoms with Gasteiger partial charge in [0.05, 0.1) is 6.54 Å². The van der Waals surface area contributed by atoms with Crippen LogP contribution in [0.1, 0.15) is 22.3 Å². The Bertz CT molecular complexity index is 889. The van der Waals surface area contributed by atoms with Crippen molar-refractivity contribution in [3.8, 4) is 5.75 Å². The first-order valence-corrected chi connectivity index (χ1v) is 10.5. The van der Waals surface area contributed by atoms with Gasteiger partial charge < -0.3 is 15.0 Å². The minimum absolute atomic E-state index is 0.00329. The van der Waals surface area contributed by atoms with Crippen molar-refractivity contribution in [3.05, 3.63) is 65.7 Å². The molecule has 172 valence electrons. The van der Waals surface area contributed by atoms with E-state index in [4.69, 9.17) is 0 Å². The number of halogens is 3. The summed E-state index contributed by atoms with van der Waals surface area (Å²) in [7, 11) is 0. The van der Waals surface area contributed by atoms with Crippen LogP contribution in [0.15, 0.2) is 54.6 Å². The van der Waals surface area contributed by atoms with Crippen LogP contribution in [-0.4, -0.2) is 67.2 Å². The number of nitrogens with zero attached hydrogens (tertiary/aromatic N) is 2. The molecular formula is C23H26F3N3O3. The number of ether oxygens (including phenoxy) is 1. The predicted molar refractivity (Wildman–Crippen MR) is 113 cm³/mol. The SMILES string of the molecule is O=C(CN1CCCN(C(=O)c2ccccc2)CC1)NCCc1ccc(OC(F)(F)F)cc1. The van der Waals surface area contributed by atoms with Gasteiger partial charge in [0.25, 0.3) is 5.91 Å². The highest BCUT2D eigenvalue weighted by Gasteiger charge is 2.31. The summed E-state index contributed by atoms with van der Waals surface area (Å²) in [6.45, 7) is 3.18. The molecule has 2 amide bonds. The van der Waals surface area contributed by atoms with Crippen molar-refractivity contribution in [2.75, 3.05) is 39.3 Å². The summed E-state index contributed by atoms with van der Waals surface area (Å²) in [6, 6.07) is 14.7. The molecule has 1 aliphatic rings. The van der Waals surface area contributed by atoms with Crippen LogP contribution in [0, 0.1) is 0 Å². The lowest BCUT2D eigenvalue weighted by molar-refractivity contribution is -0.274. The second kappa shape index (κ2) is 11.0. The predicted octanol–water partition coefficient (Wildman–Crippen LogP) is 3.09. The number of carbonyl (C=O) groups excluding carboxylic acids is 2. The maximum absolute atomic E-state index is 12.6. The van der Waals surface area contributed by atoms with E-state index in [0.29, 0.717) is 38.2 Å². The second-order valence-corrected chi connectivity index (χ2v) is 7.58. The highest BCUT2D eigenvalue weighted by atomic mass is 19.4. The third-order valence-electron chi connectivity index (χ3n) is 5.16. The van der Waals surface area contributed by atoms with Crippen LogP contribution in [0.5, 0.6) is 5.75 Å². The van der Waals surface area contributed by atoms with E-state index in [0.717, 1.165) is 18.5 Å². The van der Waals surface area contributed by atoms with Gasteiger partial charge >= 0.3 is 6.36 Å². The van der Waals surface area contributed by atoms with E-state index in [1.807, 2.05) is 28.0 Å². The van der Waals surface area contributed by atoms with Crippen LogP contribution in [0.25, 0.3) is 0 Å². The Morgan fingerprint density at radius 3 is 2.34 bits per heavy atom. The Hall–Kier alpha value is -3.07. The van der Waals surface area contributed by atoms with Crippen molar-refractivity contribution in [1.29, 1.82) is 0 Å². The number of hydrogen-bond donors (Lipinski definition) is 1. The Kier molecular flexibility index (Phi) is 8.10. The number of benzene rings is 2. The molecule has 2 aromatic carbocycles. The first-order chi connectivity index (χ1) is 15.3. The largest absolute Gasteiger partial charge is 0.573 e. The van der Waals surface area contributed by atoms with Crippen LogP contribution in [0.3, 0.4) is 0 Å². The van der Waals surface area contributed by atoms with Gasteiger partial charge in [-0.3, -0.25) is 14.5 Å². The lowest BCUT2D eigenvalue weighted by Gasteiger charge is -2.22. The summed E-state index contributed by atoms with van der Waals surface area (Å²) in [5.74, 6) is -0.389. The lowest BCUT2D eigenvalue weighted by Crippen LogP contribution is -2.40. The molecule has 0 spiro atoms. The average Bonchev–Trinajstić information content (AvgIpc) is 2.99. The van der Waals surface area contributed by atoms with E-state index in [1.165, 1.54) is 12.1 Å². The number of nitrogens with one attached hydrogen (secondary N) is 1. The molecule has 0 aromatic heterocycles. The van der Waals surface area contributed by atoms with Crippen molar-refractivity contribution >= 4 is 11.8 Å². The molecule has 0 aliphatic carbocycles. The van der Waals surface area contributed by atoms with Crippen LogP contribution < -0.4 is 10.1 Å². The molecule has 1 heterocycles. The summed E-state index contributed by atoms with van der Waals surface area (Å²) >= 11 is 0. The molecule has 2 aromatic rings.